The number of nitrogens with one attached hydrogen (secondary N) is 2. The molecular formula is C27H34N6O2S. The first kappa shape index (κ1) is 24.6. The number of nitrogens with zero attached hydrogens (tertiary/aromatic N) is 4. The van der Waals surface area contributed by atoms with E-state index in [1.807, 2.05) is 42.2 Å². The molecule has 1 fully saturated rings. The van der Waals surface area contributed by atoms with Crippen molar-refractivity contribution in [3.8, 4) is 11.5 Å². The maximum atomic E-state index is 6.02. The molecule has 1 saturated heterocycles. The second kappa shape index (κ2) is 12.3. The van der Waals surface area contributed by atoms with Crippen LogP contribution in [-0.2, 0) is 6.42 Å². The average Bonchev–Trinajstić information content (AvgIpc) is 2.92. The van der Waals surface area contributed by atoms with Crippen LogP contribution in [0, 0.1) is 0 Å². The fraction of sp³-hybridized carbons (Fsp3) is 0.444. The fourth-order valence-electron chi connectivity index (χ4n) is 4.56. The van der Waals surface area contributed by atoms with Crippen LogP contribution in [0.5, 0.6) is 11.5 Å². The number of rotatable bonds is 10. The van der Waals surface area contributed by atoms with Crippen molar-refractivity contribution in [1.29, 1.82) is 0 Å². The summed E-state index contributed by atoms with van der Waals surface area (Å²) in [7, 11) is 1.66. The van der Waals surface area contributed by atoms with E-state index in [4.69, 9.17) is 9.47 Å². The number of thioether (sulfide) groups is 1. The summed E-state index contributed by atoms with van der Waals surface area (Å²) in [6, 6.07) is 9.79. The van der Waals surface area contributed by atoms with E-state index in [0.29, 0.717) is 24.1 Å². The Bertz CT molecular complexity index is 1150. The third-order valence-corrected chi connectivity index (χ3v) is 7.58. The zero-order valence-electron chi connectivity index (χ0n) is 20.8. The molecule has 0 unspecified atom stereocenters. The molecule has 0 aliphatic carbocycles. The monoisotopic (exact) mass is 506 g/mol. The van der Waals surface area contributed by atoms with E-state index in [2.05, 4.69) is 36.6 Å². The normalized spacial score (nSPS) is 15.7. The summed E-state index contributed by atoms with van der Waals surface area (Å²) in [5.74, 6) is 3.78. The summed E-state index contributed by atoms with van der Waals surface area (Å²) in [5, 5.41) is 6.62. The highest BCUT2D eigenvalue weighted by molar-refractivity contribution is 7.99. The van der Waals surface area contributed by atoms with E-state index in [1.165, 1.54) is 49.4 Å². The Hall–Kier alpha value is -3.04. The van der Waals surface area contributed by atoms with Gasteiger partial charge in [0.05, 0.1) is 31.3 Å². The molecule has 0 bridgehead atoms. The molecule has 190 valence electrons. The third kappa shape index (κ3) is 6.59. The van der Waals surface area contributed by atoms with Crippen molar-refractivity contribution in [3.05, 3.63) is 48.4 Å². The molecular weight excluding hydrogens is 472 g/mol. The minimum Gasteiger partial charge on any atom is -0.493 e. The first-order valence-corrected chi connectivity index (χ1v) is 13.8. The highest BCUT2D eigenvalue weighted by Gasteiger charge is 2.13. The van der Waals surface area contributed by atoms with Crippen molar-refractivity contribution in [1.82, 2.24) is 19.9 Å². The molecule has 1 aromatic carbocycles. The molecule has 0 spiro atoms. The number of methoxy groups -OCH3 is 1. The van der Waals surface area contributed by atoms with Gasteiger partial charge in [0.15, 0.2) is 11.5 Å². The van der Waals surface area contributed by atoms with Gasteiger partial charge >= 0.3 is 0 Å². The van der Waals surface area contributed by atoms with Gasteiger partial charge in [-0.2, -0.15) is 4.98 Å². The molecule has 2 N–H and O–H groups in total. The number of likely N-dealkylation sites (tertiary alicyclic amines) is 1. The van der Waals surface area contributed by atoms with Crippen LogP contribution < -0.4 is 20.1 Å². The minimum atomic E-state index is 0.498. The SMILES string of the molecule is COc1cc(Nc2nccc(Nc3cnc4c(c3)SCCC4)n2)ccc1OCCCN1CCCCC1. The van der Waals surface area contributed by atoms with E-state index >= 15 is 0 Å². The Balaban J connectivity index is 1.17. The quantitative estimate of drug-likeness (QED) is 0.338. The second-order valence-corrected chi connectivity index (χ2v) is 10.2. The fourth-order valence-corrected chi connectivity index (χ4v) is 5.60. The van der Waals surface area contributed by atoms with Gasteiger partial charge in [0.1, 0.15) is 5.82 Å². The van der Waals surface area contributed by atoms with Crippen LogP contribution in [0.25, 0.3) is 0 Å². The van der Waals surface area contributed by atoms with Crippen molar-refractivity contribution in [2.24, 2.45) is 0 Å². The van der Waals surface area contributed by atoms with Gasteiger partial charge in [0.2, 0.25) is 5.95 Å². The lowest BCUT2D eigenvalue weighted by Gasteiger charge is -2.26. The summed E-state index contributed by atoms with van der Waals surface area (Å²) in [4.78, 5) is 17.4. The minimum absolute atomic E-state index is 0.498. The Morgan fingerprint density at radius 1 is 0.972 bits per heavy atom. The van der Waals surface area contributed by atoms with Gasteiger partial charge < -0.3 is 25.0 Å². The van der Waals surface area contributed by atoms with Gasteiger partial charge in [-0.25, -0.2) is 4.98 Å². The number of aryl methyl sites for hydroxylation is 1. The van der Waals surface area contributed by atoms with Gasteiger partial charge in [-0.15, -0.1) is 11.8 Å². The predicted molar refractivity (Wildman–Crippen MR) is 145 cm³/mol. The van der Waals surface area contributed by atoms with E-state index in [1.54, 1.807) is 13.3 Å². The summed E-state index contributed by atoms with van der Waals surface area (Å²) >= 11 is 1.86. The molecule has 8 nitrogen and oxygen atoms in total. The number of hydrogen-bond acceptors (Lipinski definition) is 9. The van der Waals surface area contributed by atoms with E-state index in [9.17, 15) is 0 Å². The number of pyridine rings is 1. The molecule has 0 saturated carbocycles. The van der Waals surface area contributed by atoms with Gasteiger partial charge in [0, 0.05) is 29.4 Å². The molecule has 9 heteroatoms. The first-order chi connectivity index (χ1) is 17.8. The smallest absolute Gasteiger partial charge is 0.229 e. The van der Waals surface area contributed by atoms with Crippen molar-refractivity contribution >= 4 is 34.9 Å². The Morgan fingerprint density at radius 3 is 2.78 bits per heavy atom. The molecule has 0 radical (unpaired) electrons. The number of hydrogen-bond donors (Lipinski definition) is 2. The number of anilines is 4. The second-order valence-electron chi connectivity index (χ2n) is 9.11. The Morgan fingerprint density at radius 2 is 1.89 bits per heavy atom. The van der Waals surface area contributed by atoms with Crippen molar-refractivity contribution in [2.45, 2.75) is 43.4 Å². The lowest BCUT2D eigenvalue weighted by molar-refractivity contribution is 0.203. The molecule has 0 atom stereocenters. The Kier molecular flexibility index (Phi) is 8.40. The first-order valence-electron chi connectivity index (χ1n) is 12.8. The van der Waals surface area contributed by atoms with E-state index in [0.717, 1.165) is 42.3 Å². The van der Waals surface area contributed by atoms with Crippen LogP contribution in [0.1, 0.15) is 37.8 Å². The topological polar surface area (TPSA) is 84.4 Å². The van der Waals surface area contributed by atoms with E-state index < -0.39 is 0 Å². The number of ether oxygens (including phenoxy) is 2. The molecule has 2 aromatic heterocycles. The largest absolute Gasteiger partial charge is 0.493 e. The van der Waals surface area contributed by atoms with Gasteiger partial charge in [-0.3, -0.25) is 4.98 Å². The molecule has 2 aliphatic heterocycles. The lowest BCUT2D eigenvalue weighted by atomic mass is 10.1. The molecule has 4 heterocycles. The van der Waals surface area contributed by atoms with Crippen LogP contribution >= 0.6 is 11.8 Å². The number of piperidine rings is 1. The summed E-state index contributed by atoms with van der Waals surface area (Å²) in [6.07, 6.45) is 10.8. The highest BCUT2D eigenvalue weighted by Crippen LogP contribution is 2.32. The van der Waals surface area contributed by atoms with Crippen LogP contribution in [0.2, 0.25) is 0 Å². The van der Waals surface area contributed by atoms with Crippen LogP contribution in [0.4, 0.5) is 23.1 Å². The van der Waals surface area contributed by atoms with E-state index in [-0.39, 0.29) is 0 Å². The maximum absolute atomic E-state index is 6.02. The average molecular weight is 507 g/mol. The summed E-state index contributed by atoms with van der Waals surface area (Å²) < 4.78 is 11.6. The van der Waals surface area contributed by atoms with Crippen LogP contribution in [0.3, 0.4) is 0 Å². The predicted octanol–water partition coefficient (Wildman–Crippen LogP) is 5.66. The molecule has 2 aliphatic rings. The van der Waals surface area contributed by atoms with Gasteiger partial charge in [-0.1, -0.05) is 6.42 Å². The molecule has 5 rings (SSSR count). The number of aromatic nitrogens is 3. The number of fused-ring (bicyclic) bond motifs is 1. The summed E-state index contributed by atoms with van der Waals surface area (Å²) in [5.41, 5.74) is 2.94. The third-order valence-electron chi connectivity index (χ3n) is 6.42. The van der Waals surface area contributed by atoms with Gasteiger partial charge in [0.25, 0.3) is 0 Å². The summed E-state index contributed by atoms with van der Waals surface area (Å²) in [6.45, 7) is 4.19. The van der Waals surface area contributed by atoms with Crippen LogP contribution in [-0.4, -0.2) is 59.0 Å². The standard InChI is InChI=1S/C27H34N6O2S/c1-34-24-17-20(8-9-23(24)35-15-6-14-33-12-3-2-4-13-33)31-27-28-11-10-26(32-27)30-21-18-25-22(29-19-21)7-5-16-36-25/h8-11,17-19H,2-7,12-16H2,1H3,(H2,28,30,31,32). The van der Waals surface area contributed by atoms with Crippen molar-refractivity contribution < 1.29 is 9.47 Å². The van der Waals surface area contributed by atoms with Crippen LogP contribution in [0.15, 0.2) is 47.6 Å². The molecule has 3 aromatic rings. The van der Waals surface area contributed by atoms with Crippen molar-refractivity contribution in [2.75, 3.05) is 49.7 Å². The Labute approximate surface area is 217 Å². The zero-order valence-corrected chi connectivity index (χ0v) is 21.6. The molecule has 36 heavy (non-hydrogen) atoms. The van der Waals surface area contributed by atoms with Crippen molar-refractivity contribution in [3.63, 3.8) is 0 Å². The zero-order chi connectivity index (χ0) is 24.6. The lowest BCUT2D eigenvalue weighted by Crippen LogP contribution is -2.31. The van der Waals surface area contributed by atoms with Gasteiger partial charge in [-0.05, 0) is 75.2 Å². The molecule has 0 amide bonds. The highest BCUT2D eigenvalue weighted by atomic mass is 32.2. The maximum Gasteiger partial charge on any atom is 0.229 e. The number of benzene rings is 1.